The van der Waals surface area contributed by atoms with Gasteiger partial charge in [0.25, 0.3) is 0 Å². The maximum Gasteiger partial charge on any atom is 0.226 e. The highest BCUT2D eigenvalue weighted by atomic mass is 16.3. The quantitative estimate of drug-likeness (QED) is 0.767. The van der Waals surface area contributed by atoms with Crippen LogP contribution in [0, 0.1) is 5.92 Å². The molecule has 1 rings (SSSR count). The average molecular weight is 228 g/mol. The minimum Gasteiger partial charge on any atom is -0.389 e. The molecule has 0 bridgehead atoms. The Kier molecular flexibility index (Phi) is 4.33. The van der Waals surface area contributed by atoms with E-state index in [0.29, 0.717) is 6.54 Å². The summed E-state index contributed by atoms with van der Waals surface area (Å²) in [5, 5.41) is 9.77. The van der Waals surface area contributed by atoms with Gasteiger partial charge in [-0.3, -0.25) is 9.69 Å². The van der Waals surface area contributed by atoms with E-state index in [4.69, 9.17) is 0 Å². The first-order chi connectivity index (χ1) is 7.29. The van der Waals surface area contributed by atoms with Crippen LogP contribution < -0.4 is 0 Å². The van der Waals surface area contributed by atoms with Crippen LogP contribution in [0.25, 0.3) is 0 Å². The van der Waals surface area contributed by atoms with Crippen LogP contribution in [0.4, 0.5) is 0 Å². The molecule has 1 atom stereocenters. The van der Waals surface area contributed by atoms with Crippen molar-refractivity contribution in [1.29, 1.82) is 0 Å². The van der Waals surface area contributed by atoms with Gasteiger partial charge in [-0.15, -0.1) is 0 Å². The third kappa shape index (κ3) is 4.10. The molecule has 0 aromatic carbocycles. The number of aliphatic hydroxyl groups is 1. The summed E-state index contributed by atoms with van der Waals surface area (Å²) >= 11 is 0. The Morgan fingerprint density at radius 3 is 2.62 bits per heavy atom. The first kappa shape index (κ1) is 13.5. The highest BCUT2D eigenvalue weighted by molar-refractivity contribution is 5.78. The number of carbonyl (C=O) groups excluding carboxylic acids is 1. The van der Waals surface area contributed by atoms with Crippen molar-refractivity contribution in [3.8, 4) is 0 Å². The van der Waals surface area contributed by atoms with Crippen LogP contribution in [0.5, 0.6) is 0 Å². The second-order valence-electron chi connectivity index (χ2n) is 5.62. The molecule has 1 amide bonds. The smallest absolute Gasteiger partial charge is 0.226 e. The van der Waals surface area contributed by atoms with Crippen LogP contribution in [0.2, 0.25) is 0 Å². The van der Waals surface area contributed by atoms with Crippen LogP contribution in [0.1, 0.15) is 26.7 Å². The lowest BCUT2D eigenvalue weighted by atomic mass is 9.95. The van der Waals surface area contributed by atoms with Crippen molar-refractivity contribution in [2.75, 3.05) is 33.7 Å². The van der Waals surface area contributed by atoms with E-state index in [1.54, 1.807) is 19.0 Å². The standard InChI is InChI=1S/C12H24N2O2/c1-12(2,16)9-14-7-5-6-10(8-14)11(15)13(3)4/h10,16H,5-9H2,1-4H3. The number of β-amino-alcohol motifs (C(OH)–C–C–N with tert-alkyl or cyclic N) is 1. The number of likely N-dealkylation sites (tertiary alicyclic amines) is 1. The molecule has 1 N–H and O–H groups in total. The molecular formula is C12H24N2O2. The zero-order chi connectivity index (χ0) is 12.3. The minimum atomic E-state index is -0.678. The first-order valence-electron chi connectivity index (χ1n) is 5.95. The van der Waals surface area contributed by atoms with Gasteiger partial charge in [0.2, 0.25) is 5.91 Å². The van der Waals surface area contributed by atoms with Crippen LogP contribution in [0.15, 0.2) is 0 Å². The van der Waals surface area contributed by atoms with E-state index < -0.39 is 5.60 Å². The van der Waals surface area contributed by atoms with Crippen molar-refractivity contribution in [2.45, 2.75) is 32.3 Å². The fraction of sp³-hybridized carbons (Fsp3) is 0.917. The third-order valence-electron chi connectivity index (χ3n) is 2.91. The molecule has 0 aromatic rings. The summed E-state index contributed by atoms with van der Waals surface area (Å²) in [6.45, 7) is 6.03. The van der Waals surface area contributed by atoms with Crippen molar-refractivity contribution in [2.24, 2.45) is 5.92 Å². The van der Waals surface area contributed by atoms with E-state index >= 15 is 0 Å². The average Bonchev–Trinajstić information content (AvgIpc) is 2.14. The van der Waals surface area contributed by atoms with Crippen LogP contribution in [-0.4, -0.2) is 60.1 Å². The Balaban J connectivity index is 2.50. The highest BCUT2D eigenvalue weighted by Gasteiger charge is 2.29. The van der Waals surface area contributed by atoms with E-state index in [2.05, 4.69) is 4.90 Å². The van der Waals surface area contributed by atoms with Crippen LogP contribution in [-0.2, 0) is 4.79 Å². The Morgan fingerprint density at radius 1 is 1.50 bits per heavy atom. The maximum absolute atomic E-state index is 11.8. The van der Waals surface area contributed by atoms with Gasteiger partial charge in [0.1, 0.15) is 0 Å². The number of nitrogens with zero attached hydrogens (tertiary/aromatic N) is 2. The summed E-state index contributed by atoms with van der Waals surface area (Å²) < 4.78 is 0. The minimum absolute atomic E-state index is 0.103. The van der Waals surface area contributed by atoms with Crippen molar-refractivity contribution < 1.29 is 9.90 Å². The molecule has 1 fully saturated rings. The molecule has 0 radical (unpaired) electrons. The van der Waals surface area contributed by atoms with E-state index in [1.807, 2.05) is 13.8 Å². The Morgan fingerprint density at radius 2 is 2.12 bits per heavy atom. The van der Waals surface area contributed by atoms with Crippen molar-refractivity contribution in [1.82, 2.24) is 9.80 Å². The predicted octanol–water partition coefficient (Wildman–Crippen LogP) is 0.557. The van der Waals surface area contributed by atoms with E-state index in [1.165, 1.54) is 0 Å². The fourth-order valence-corrected chi connectivity index (χ4v) is 2.31. The number of rotatable bonds is 3. The van der Waals surface area contributed by atoms with Crippen LogP contribution in [0.3, 0.4) is 0 Å². The number of hydrogen-bond donors (Lipinski definition) is 1. The van der Waals surface area contributed by atoms with Crippen molar-refractivity contribution >= 4 is 5.91 Å². The highest BCUT2D eigenvalue weighted by Crippen LogP contribution is 2.19. The molecule has 0 aromatic heterocycles. The maximum atomic E-state index is 11.8. The SMILES string of the molecule is CN(C)C(=O)C1CCCN(CC(C)(C)O)C1. The van der Waals surface area contributed by atoms with Gasteiger partial charge in [0, 0.05) is 27.2 Å². The summed E-state index contributed by atoms with van der Waals surface area (Å²) in [7, 11) is 3.61. The molecule has 94 valence electrons. The van der Waals surface area contributed by atoms with Gasteiger partial charge in [0.15, 0.2) is 0 Å². The zero-order valence-electron chi connectivity index (χ0n) is 10.9. The van der Waals surface area contributed by atoms with Gasteiger partial charge in [-0.1, -0.05) is 0 Å². The molecule has 4 heteroatoms. The van der Waals surface area contributed by atoms with Gasteiger partial charge in [-0.05, 0) is 33.2 Å². The van der Waals surface area contributed by atoms with Crippen LogP contribution >= 0.6 is 0 Å². The molecule has 0 aliphatic carbocycles. The molecule has 0 saturated carbocycles. The summed E-state index contributed by atoms with van der Waals surface area (Å²) in [4.78, 5) is 15.7. The van der Waals surface area contributed by atoms with Crippen molar-refractivity contribution in [3.05, 3.63) is 0 Å². The summed E-state index contributed by atoms with van der Waals surface area (Å²) in [5.74, 6) is 0.312. The Labute approximate surface area is 98.2 Å². The van der Waals surface area contributed by atoms with Gasteiger partial charge in [-0.25, -0.2) is 0 Å². The molecule has 1 heterocycles. The first-order valence-corrected chi connectivity index (χ1v) is 5.95. The lowest BCUT2D eigenvalue weighted by Crippen LogP contribution is -2.47. The second-order valence-corrected chi connectivity index (χ2v) is 5.62. The number of amides is 1. The number of hydrogen-bond acceptors (Lipinski definition) is 3. The lowest BCUT2D eigenvalue weighted by molar-refractivity contribution is -0.135. The molecule has 1 aliphatic rings. The Hall–Kier alpha value is -0.610. The molecule has 1 saturated heterocycles. The van der Waals surface area contributed by atoms with Crippen molar-refractivity contribution in [3.63, 3.8) is 0 Å². The molecule has 16 heavy (non-hydrogen) atoms. The summed E-state index contributed by atoms with van der Waals surface area (Å²) in [6.07, 6.45) is 2.01. The molecule has 1 aliphatic heterocycles. The van der Waals surface area contributed by atoms with E-state index in [-0.39, 0.29) is 11.8 Å². The molecule has 1 unspecified atom stereocenters. The molecular weight excluding hydrogens is 204 g/mol. The van der Waals surface area contributed by atoms with E-state index in [0.717, 1.165) is 25.9 Å². The normalized spacial score (nSPS) is 23.2. The number of piperidine rings is 1. The lowest BCUT2D eigenvalue weighted by Gasteiger charge is -2.36. The number of carbonyl (C=O) groups is 1. The molecule has 4 nitrogen and oxygen atoms in total. The topological polar surface area (TPSA) is 43.8 Å². The van der Waals surface area contributed by atoms with Gasteiger partial charge >= 0.3 is 0 Å². The fourth-order valence-electron chi connectivity index (χ4n) is 2.31. The Bertz CT molecular complexity index is 246. The monoisotopic (exact) mass is 228 g/mol. The predicted molar refractivity (Wildman–Crippen MR) is 64.2 cm³/mol. The van der Waals surface area contributed by atoms with Gasteiger partial charge in [0.05, 0.1) is 11.5 Å². The largest absolute Gasteiger partial charge is 0.389 e. The second kappa shape index (κ2) is 5.15. The van der Waals surface area contributed by atoms with Gasteiger partial charge < -0.3 is 10.0 Å². The van der Waals surface area contributed by atoms with E-state index in [9.17, 15) is 9.90 Å². The van der Waals surface area contributed by atoms with Gasteiger partial charge in [-0.2, -0.15) is 0 Å². The summed E-state index contributed by atoms with van der Waals surface area (Å²) in [5.41, 5.74) is -0.678. The zero-order valence-corrected chi connectivity index (χ0v) is 10.9. The summed E-state index contributed by atoms with van der Waals surface area (Å²) in [6, 6.07) is 0. The third-order valence-corrected chi connectivity index (χ3v) is 2.91. The molecule has 0 spiro atoms.